The summed E-state index contributed by atoms with van der Waals surface area (Å²) in [6, 6.07) is 7.85. The van der Waals surface area contributed by atoms with E-state index in [4.69, 9.17) is 4.74 Å². The predicted octanol–water partition coefficient (Wildman–Crippen LogP) is 2.20. The number of hydrogen-bond donors (Lipinski definition) is 2. The molecule has 0 unspecified atom stereocenters. The van der Waals surface area contributed by atoms with Gasteiger partial charge in [-0.15, -0.1) is 11.3 Å². The summed E-state index contributed by atoms with van der Waals surface area (Å²) in [6.07, 6.45) is 0.503. The van der Waals surface area contributed by atoms with Gasteiger partial charge in [0.25, 0.3) is 0 Å². The fourth-order valence-electron chi connectivity index (χ4n) is 3.01. The SMILES string of the molecule is C[C@H]1CN(CCNC(=O)NCc2nc3ccccc3s2)C[C@H](C)O1. The van der Waals surface area contributed by atoms with Crippen LogP contribution in [-0.2, 0) is 11.3 Å². The lowest BCUT2D eigenvalue weighted by Gasteiger charge is -2.35. The van der Waals surface area contributed by atoms with E-state index in [1.807, 2.05) is 24.3 Å². The van der Waals surface area contributed by atoms with E-state index < -0.39 is 0 Å². The highest BCUT2D eigenvalue weighted by Gasteiger charge is 2.21. The minimum Gasteiger partial charge on any atom is -0.373 e. The molecule has 6 nitrogen and oxygen atoms in total. The third-order valence-corrected chi connectivity index (χ3v) is 4.98. The number of benzene rings is 1. The average Bonchev–Trinajstić information content (AvgIpc) is 2.95. The number of carbonyl (C=O) groups excluding carboxylic acids is 1. The Labute approximate surface area is 146 Å². The van der Waals surface area contributed by atoms with Crippen LogP contribution in [0.4, 0.5) is 4.79 Å². The number of carbonyl (C=O) groups is 1. The van der Waals surface area contributed by atoms with Crippen LogP contribution in [0, 0.1) is 0 Å². The molecule has 2 heterocycles. The Bertz CT molecular complexity index is 647. The number of amides is 2. The molecule has 1 saturated heterocycles. The topological polar surface area (TPSA) is 66.5 Å². The molecule has 24 heavy (non-hydrogen) atoms. The molecule has 0 bridgehead atoms. The Morgan fingerprint density at radius 1 is 1.29 bits per heavy atom. The van der Waals surface area contributed by atoms with E-state index in [0.29, 0.717) is 13.1 Å². The molecule has 1 aliphatic heterocycles. The summed E-state index contributed by atoms with van der Waals surface area (Å²) in [5.41, 5.74) is 0.982. The van der Waals surface area contributed by atoms with Crippen LogP contribution in [0.2, 0.25) is 0 Å². The van der Waals surface area contributed by atoms with E-state index in [0.717, 1.165) is 34.9 Å². The van der Waals surface area contributed by atoms with Crippen LogP contribution in [0.1, 0.15) is 18.9 Å². The van der Waals surface area contributed by atoms with Crippen LogP contribution in [0.25, 0.3) is 10.2 Å². The van der Waals surface area contributed by atoms with Crippen LogP contribution >= 0.6 is 11.3 Å². The molecule has 0 aliphatic carbocycles. The normalized spacial score (nSPS) is 21.8. The summed E-state index contributed by atoms with van der Waals surface area (Å²) < 4.78 is 6.85. The van der Waals surface area contributed by atoms with Crippen molar-refractivity contribution in [3.63, 3.8) is 0 Å². The summed E-state index contributed by atoms with van der Waals surface area (Å²) in [4.78, 5) is 18.7. The maximum absolute atomic E-state index is 11.9. The third-order valence-electron chi connectivity index (χ3n) is 3.95. The molecule has 1 aromatic heterocycles. The first-order valence-corrected chi connectivity index (χ1v) is 9.16. The number of hydrogen-bond acceptors (Lipinski definition) is 5. The quantitative estimate of drug-likeness (QED) is 0.869. The van der Waals surface area contributed by atoms with Gasteiger partial charge in [-0.1, -0.05) is 12.1 Å². The Morgan fingerprint density at radius 2 is 2.04 bits per heavy atom. The molecule has 1 fully saturated rings. The van der Waals surface area contributed by atoms with Crippen molar-refractivity contribution in [1.29, 1.82) is 0 Å². The summed E-state index contributed by atoms with van der Waals surface area (Å²) in [5, 5.41) is 6.70. The van der Waals surface area contributed by atoms with Crippen molar-refractivity contribution in [3.8, 4) is 0 Å². The highest BCUT2D eigenvalue weighted by atomic mass is 32.1. The molecule has 130 valence electrons. The first-order valence-electron chi connectivity index (χ1n) is 8.34. The molecule has 0 radical (unpaired) electrons. The van der Waals surface area contributed by atoms with Gasteiger partial charge in [-0.05, 0) is 26.0 Å². The fraction of sp³-hybridized carbons (Fsp3) is 0.529. The minimum absolute atomic E-state index is 0.149. The van der Waals surface area contributed by atoms with Gasteiger partial charge in [0.05, 0.1) is 29.0 Å². The van der Waals surface area contributed by atoms with Crippen LogP contribution in [-0.4, -0.2) is 54.3 Å². The van der Waals surface area contributed by atoms with Crippen LogP contribution < -0.4 is 10.6 Å². The smallest absolute Gasteiger partial charge is 0.315 e. The van der Waals surface area contributed by atoms with Crippen LogP contribution in [0.5, 0.6) is 0 Å². The molecular weight excluding hydrogens is 324 g/mol. The molecule has 1 aliphatic rings. The van der Waals surface area contributed by atoms with Gasteiger partial charge < -0.3 is 15.4 Å². The number of rotatable bonds is 5. The summed E-state index contributed by atoms with van der Waals surface area (Å²) in [7, 11) is 0. The van der Waals surface area contributed by atoms with Gasteiger partial charge >= 0.3 is 6.03 Å². The maximum atomic E-state index is 11.9. The summed E-state index contributed by atoms with van der Waals surface area (Å²) in [5.74, 6) is 0. The number of urea groups is 1. The minimum atomic E-state index is -0.149. The Hall–Kier alpha value is -1.70. The van der Waals surface area contributed by atoms with Crippen molar-refractivity contribution >= 4 is 27.6 Å². The molecule has 2 N–H and O–H groups in total. The van der Waals surface area contributed by atoms with Gasteiger partial charge in [0.15, 0.2) is 0 Å². The number of ether oxygens (including phenoxy) is 1. The Morgan fingerprint density at radius 3 is 2.79 bits per heavy atom. The van der Waals surface area contributed by atoms with E-state index >= 15 is 0 Å². The van der Waals surface area contributed by atoms with Crippen molar-refractivity contribution in [2.75, 3.05) is 26.2 Å². The third kappa shape index (κ3) is 4.66. The zero-order valence-electron chi connectivity index (χ0n) is 14.1. The number of nitrogens with zero attached hydrogens (tertiary/aromatic N) is 2. The average molecular weight is 348 g/mol. The van der Waals surface area contributed by atoms with Gasteiger partial charge in [0.1, 0.15) is 5.01 Å². The van der Waals surface area contributed by atoms with E-state index in [9.17, 15) is 4.79 Å². The number of morpholine rings is 1. The number of nitrogens with one attached hydrogen (secondary N) is 2. The number of para-hydroxylation sites is 1. The van der Waals surface area contributed by atoms with Crippen molar-refractivity contribution in [1.82, 2.24) is 20.5 Å². The van der Waals surface area contributed by atoms with Crippen molar-refractivity contribution in [3.05, 3.63) is 29.3 Å². The molecule has 7 heteroatoms. The number of aromatic nitrogens is 1. The van der Waals surface area contributed by atoms with Crippen molar-refractivity contribution in [2.45, 2.75) is 32.6 Å². The van der Waals surface area contributed by atoms with Crippen molar-refractivity contribution in [2.24, 2.45) is 0 Å². The highest BCUT2D eigenvalue weighted by molar-refractivity contribution is 7.18. The van der Waals surface area contributed by atoms with Gasteiger partial charge in [-0.3, -0.25) is 4.90 Å². The molecular formula is C17H24N4O2S. The number of fused-ring (bicyclic) bond motifs is 1. The van der Waals surface area contributed by atoms with Gasteiger partial charge in [-0.2, -0.15) is 0 Å². The molecule has 2 amide bonds. The largest absolute Gasteiger partial charge is 0.373 e. The highest BCUT2D eigenvalue weighted by Crippen LogP contribution is 2.21. The first-order chi connectivity index (χ1) is 11.6. The first kappa shape index (κ1) is 17.1. The lowest BCUT2D eigenvalue weighted by atomic mass is 10.2. The Balaban J connectivity index is 1.38. The molecule has 0 saturated carbocycles. The lowest BCUT2D eigenvalue weighted by molar-refractivity contribution is -0.0672. The Kier molecular flexibility index (Phi) is 5.65. The second-order valence-corrected chi connectivity index (χ2v) is 7.32. The second-order valence-electron chi connectivity index (χ2n) is 6.20. The van der Waals surface area contributed by atoms with Crippen LogP contribution in [0.15, 0.2) is 24.3 Å². The van der Waals surface area contributed by atoms with Crippen molar-refractivity contribution < 1.29 is 9.53 Å². The molecule has 1 aromatic carbocycles. The van der Waals surface area contributed by atoms with Gasteiger partial charge in [-0.25, -0.2) is 9.78 Å². The van der Waals surface area contributed by atoms with E-state index in [2.05, 4.69) is 34.4 Å². The molecule has 2 aromatic rings. The molecule has 3 rings (SSSR count). The number of thiazole rings is 1. The van der Waals surface area contributed by atoms with Gasteiger partial charge in [0, 0.05) is 26.2 Å². The fourth-order valence-corrected chi connectivity index (χ4v) is 3.92. The lowest BCUT2D eigenvalue weighted by Crippen LogP contribution is -2.48. The van der Waals surface area contributed by atoms with Crippen LogP contribution in [0.3, 0.4) is 0 Å². The van der Waals surface area contributed by atoms with Gasteiger partial charge in [0.2, 0.25) is 0 Å². The van der Waals surface area contributed by atoms with E-state index in [-0.39, 0.29) is 18.2 Å². The molecule has 2 atom stereocenters. The van der Waals surface area contributed by atoms with E-state index in [1.165, 1.54) is 0 Å². The maximum Gasteiger partial charge on any atom is 0.315 e. The summed E-state index contributed by atoms with van der Waals surface area (Å²) in [6.45, 7) is 7.93. The zero-order valence-corrected chi connectivity index (χ0v) is 14.9. The zero-order chi connectivity index (χ0) is 16.9. The summed E-state index contributed by atoms with van der Waals surface area (Å²) >= 11 is 1.61. The second kappa shape index (κ2) is 7.92. The monoisotopic (exact) mass is 348 g/mol. The van der Waals surface area contributed by atoms with E-state index in [1.54, 1.807) is 11.3 Å². The predicted molar refractivity (Wildman–Crippen MR) is 96.3 cm³/mol. The standard InChI is InChI=1S/C17H24N4O2S/c1-12-10-21(11-13(2)23-12)8-7-18-17(22)19-9-16-20-14-5-3-4-6-15(14)24-16/h3-6,12-13H,7-11H2,1-2H3,(H2,18,19,22)/t12-,13-/m0/s1. The molecule has 0 spiro atoms.